The lowest BCUT2D eigenvalue weighted by Gasteiger charge is -2.26. The molecular formula is C21H26N2O5. The Labute approximate surface area is 165 Å². The molecule has 0 saturated carbocycles. The van der Waals surface area contributed by atoms with Crippen LogP contribution in [0.4, 0.5) is 5.69 Å². The predicted molar refractivity (Wildman–Crippen MR) is 106 cm³/mol. The van der Waals surface area contributed by atoms with Gasteiger partial charge in [0.1, 0.15) is 5.75 Å². The van der Waals surface area contributed by atoms with E-state index in [1.165, 1.54) is 7.11 Å². The first-order chi connectivity index (χ1) is 13.6. The van der Waals surface area contributed by atoms with Crippen molar-refractivity contribution in [2.75, 3.05) is 27.4 Å². The summed E-state index contributed by atoms with van der Waals surface area (Å²) in [4.78, 5) is 13.2. The van der Waals surface area contributed by atoms with Gasteiger partial charge in [0.05, 0.1) is 25.2 Å². The van der Waals surface area contributed by atoms with Crippen LogP contribution in [0.15, 0.2) is 42.5 Å². The van der Waals surface area contributed by atoms with Gasteiger partial charge in [-0.2, -0.15) is 0 Å². The Bertz CT molecular complexity index is 805. The quantitative estimate of drug-likeness (QED) is 0.482. The summed E-state index contributed by atoms with van der Waals surface area (Å²) < 4.78 is 16.4. The monoisotopic (exact) mass is 386 g/mol. The van der Waals surface area contributed by atoms with Crippen LogP contribution in [0.1, 0.15) is 24.0 Å². The van der Waals surface area contributed by atoms with Crippen molar-refractivity contribution in [3.05, 3.63) is 63.7 Å². The van der Waals surface area contributed by atoms with E-state index in [4.69, 9.17) is 14.2 Å². The molecule has 28 heavy (non-hydrogen) atoms. The van der Waals surface area contributed by atoms with Gasteiger partial charge in [0.2, 0.25) is 0 Å². The van der Waals surface area contributed by atoms with Crippen molar-refractivity contribution in [3.8, 4) is 11.5 Å². The number of nitro groups is 1. The topological polar surface area (TPSA) is 74.1 Å². The summed E-state index contributed by atoms with van der Waals surface area (Å²) in [5.41, 5.74) is 1.92. The summed E-state index contributed by atoms with van der Waals surface area (Å²) in [5.74, 6) is 1.10. The van der Waals surface area contributed by atoms with Crippen LogP contribution >= 0.6 is 0 Å². The zero-order chi connectivity index (χ0) is 19.9. The number of para-hydroxylation sites is 1. The number of ether oxygens (including phenoxy) is 3. The van der Waals surface area contributed by atoms with Crippen LogP contribution in [0.3, 0.4) is 0 Å². The first-order valence-electron chi connectivity index (χ1n) is 9.38. The minimum atomic E-state index is -0.410. The van der Waals surface area contributed by atoms with E-state index in [-0.39, 0.29) is 17.5 Å². The smallest absolute Gasteiger partial charge is 0.311 e. The molecule has 0 amide bonds. The van der Waals surface area contributed by atoms with Gasteiger partial charge in [0.15, 0.2) is 5.75 Å². The number of nitro benzene ring substituents is 1. The van der Waals surface area contributed by atoms with Gasteiger partial charge >= 0.3 is 5.69 Å². The van der Waals surface area contributed by atoms with Crippen LogP contribution in [0.2, 0.25) is 0 Å². The number of rotatable bonds is 9. The molecule has 1 fully saturated rings. The maximum Gasteiger partial charge on any atom is 0.311 e. The van der Waals surface area contributed by atoms with E-state index < -0.39 is 4.92 Å². The highest BCUT2D eigenvalue weighted by Gasteiger charge is 2.22. The number of methoxy groups -OCH3 is 2. The Morgan fingerprint density at radius 3 is 2.61 bits per heavy atom. The standard InChI is InChI=1S/C21H26N2O5/c1-26-20-8-4-3-6-17(20)14-22(15-18-7-5-11-28-18)13-16-9-10-21(27-2)19(12-16)23(24)25/h3-4,6,8-10,12,18H,5,7,11,13-15H2,1-2H3. The maximum absolute atomic E-state index is 11.3. The number of hydrogen-bond acceptors (Lipinski definition) is 6. The molecule has 1 unspecified atom stereocenters. The number of hydrogen-bond donors (Lipinski definition) is 0. The second-order valence-electron chi connectivity index (χ2n) is 6.88. The summed E-state index contributed by atoms with van der Waals surface area (Å²) >= 11 is 0. The Kier molecular flexibility index (Phi) is 6.84. The SMILES string of the molecule is COc1ccccc1CN(Cc1ccc(OC)c([N+](=O)[O-])c1)CC1CCCO1. The molecule has 1 saturated heterocycles. The predicted octanol–water partition coefficient (Wildman–Crippen LogP) is 3.79. The van der Waals surface area contributed by atoms with Gasteiger partial charge in [-0.15, -0.1) is 0 Å². The largest absolute Gasteiger partial charge is 0.496 e. The number of benzene rings is 2. The average Bonchev–Trinajstić information content (AvgIpc) is 3.21. The van der Waals surface area contributed by atoms with Gasteiger partial charge in [-0.25, -0.2) is 0 Å². The third-order valence-corrected chi connectivity index (χ3v) is 4.92. The lowest BCUT2D eigenvalue weighted by atomic mass is 10.1. The molecule has 1 aliphatic heterocycles. The van der Waals surface area contributed by atoms with Crippen molar-refractivity contribution in [2.45, 2.75) is 32.0 Å². The zero-order valence-corrected chi connectivity index (χ0v) is 16.3. The van der Waals surface area contributed by atoms with Crippen molar-refractivity contribution in [1.29, 1.82) is 0 Å². The van der Waals surface area contributed by atoms with E-state index in [0.717, 1.165) is 42.9 Å². The lowest BCUT2D eigenvalue weighted by molar-refractivity contribution is -0.385. The molecule has 7 nitrogen and oxygen atoms in total. The van der Waals surface area contributed by atoms with Gasteiger partial charge in [-0.1, -0.05) is 24.3 Å². The van der Waals surface area contributed by atoms with Crippen molar-refractivity contribution < 1.29 is 19.1 Å². The molecule has 7 heteroatoms. The highest BCUT2D eigenvalue weighted by Crippen LogP contribution is 2.29. The van der Waals surface area contributed by atoms with Crippen LogP contribution in [-0.2, 0) is 17.8 Å². The molecule has 0 N–H and O–H groups in total. The summed E-state index contributed by atoms with van der Waals surface area (Å²) in [5, 5.41) is 11.3. The highest BCUT2D eigenvalue weighted by atomic mass is 16.6. The number of nitrogens with zero attached hydrogens (tertiary/aromatic N) is 2. The van der Waals surface area contributed by atoms with Gasteiger partial charge < -0.3 is 14.2 Å². The molecule has 0 bridgehead atoms. The molecule has 2 aromatic carbocycles. The molecule has 1 atom stereocenters. The second kappa shape index (κ2) is 9.52. The van der Waals surface area contributed by atoms with E-state index in [1.54, 1.807) is 19.2 Å². The third-order valence-electron chi connectivity index (χ3n) is 4.92. The fraction of sp³-hybridized carbons (Fsp3) is 0.429. The van der Waals surface area contributed by atoms with Gasteiger partial charge in [0.25, 0.3) is 0 Å². The third kappa shape index (κ3) is 4.99. The van der Waals surface area contributed by atoms with Crippen molar-refractivity contribution >= 4 is 5.69 Å². The highest BCUT2D eigenvalue weighted by molar-refractivity contribution is 5.48. The molecule has 2 aromatic rings. The normalized spacial score (nSPS) is 16.3. The van der Waals surface area contributed by atoms with Crippen molar-refractivity contribution in [1.82, 2.24) is 4.90 Å². The summed E-state index contributed by atoms with van der Waals surface area (Å²) in [7, 11) is 3.10. The first kappa shape index (κ1) is 20.1. The van der Waals surface area contributed by atoms with Crippen LogP contribution < -0.4 is 9.47 Å². The Morgan fingerprint density at radius 2 is 1.93 bits per heavy atom. The molecule has 0 aliphatic carbocycles. The van der Waals surface area contributed by atoms with E-state index in [1.807, 2.05) is 30.3 Å². The molecule has 150 valence electrons. The fourth-order valence-electron chi connectivity index (χ4n) is 3.57. The Morgan fingerprint density at radius 1 is 1.14 bits per heavy atom. The van der Waals surface area contributed by atoms with Crippen LogP contribution in [-0.4, -0.2) is 43.3 Å². The Hall–Kier alpha value is -2.64. The van der Waals surface area contributed by atoms with E-state index in [2.05, 4.69) is 4.90 Å². The summed E-state index contributed by atoms with van der Waals surface area (Å²) in [6.07, 6.45) is 2.29. The average molecular weight is 386 g/mol. The van der Waals surface area contributed by atoms with Gasteiger partial charge in [-0.3, -0.25) is 15.0 Å². The zero-order valence-electron chi connectivity index (χ0n) is 16.3. The van der Waals surface area contributed by atoms with Gasteiger partial charge in [0, 0.05) is 37.9 Å². The van der Waals surface area contributed by atoms with Crippen molar-refractivity contribution in [2.24, 2.45) is 0 Å². The van der Waals surface area contributed by atoms with Crippen LogP contribution in [0.5, 0.6) is 11.5 Å². The first-order valence-corrected chi connectivity index (χ1v) is 9.38. The molecule has 0 aromatic heterocycles. The lowest BCUT2D eigenvalue weighted by Crippen LogP contribution is -2.31. The molecule has 3 rings (SSSR count). The second-order valence-corrected chi connectivity index (χ2v) is 6.88. The van der Waals surface area contributed by atoms with Crippen LogP contribution in [0, 0.1) is 10.1 Å². The fourth-order valence-corrected chi connectivity index (χ4v) is 3.57. The van der Waals surface area contributed by atoms with E-state index >= 15 is 0 Å². The summed E-state index contributed by atoms with van der Waals surface area (Å²) in [6.45, 7) is 2.80. The molecule has 0 radical (unpaired) electrons. The van der Waals surface area contributed by atoms with E-state index in [9.17, 15) is 10.1 Å². The Balaban J connectivity index is 1.82. The molecular weight excluding hydrogens is 360 g/mol. The van der Waals surface area contributed by atoms with Gasteiger partial charge in [-0.05, 0) is 30.5 Å². The molecule has 0 spiro atoms. The maximum atomic E-state index is 11.3. The molecule has 1 heterocycles. The van der Waals surface area contributed by atoms with Crippen LogP contribution in [0.25, 0.3) is 0 Å². The molecule has 1 aliphatic rings. The minimum Gasteiger partial charge on any atom is -0.496 e. The van der Waals surface area contributed by atoms with Crippen molar-refractivity contribution in [3.63, 3.8) is 0 Å². The van der Waals surface area contributed by atoms with E-state index in [0.29, 0.717) is 13.1 Å². The summed E-state index contributed by atoms with van der Waals surface area (Å²) in [6, 6.07) is 13.0. The minimum absolute atomic E-state index is 0.0191.